The molecular formula is C22H17ClFN4OW-. The van der Waals surface area contributed by atoms with E-state index in [4.69, 9.17) is 11.6 Å². The second-order valence-corrected chi connectivity index (χ2v) is 7.42. The fraction of sp³-hybridized carbons (Fsp3) is 0.182. The zero-order chi connectivity index (χ0) is 20.0. The summed E-state index contributed by atoms with van der Waals surface area (Å²) in [6.07, 6.45) is 1.38. The molecule has 1 N–H and O–H groups in total. The van der Waals surface area contributed by atoms with Crippen molar-refractivity contribution >= 4 is 39.1 Å². The van der Waals surface area contributed by atoms with E-state index in [2.05, 4.69) is 20.2 Å². The van der Waals surface area contributed by atoms with Crippen LogP contribution in [0.4, 0.5) is 10.2 Å². The van der Waals surface area contributed by atoms with Crippen LogP contribution in [0.3, 0.4) is 0 Å². The number of aromatic nitrogens is 2. The number of hydrogen-bond donors (Lipinski definition) is 1. The molecule has 0 unspecified atom stereocenters. The van der Waals surface area contributed by atoms with Crippen LogP contribution in [0.25, 0.3) is 38.1 Å². The molecule has 5 rings (SSSR count). The molecule has 0 atom stereocenters. The summed E-state index contributed by atoms with van der Waals surface area (Å²) in [4.78, 5) is 10.7. The first-order valence-corrected chi connectivity index (χ1v) is 9.74. The van der Waals surface area contributed by atoms with Crippen molar-refractivity contribution in [1.82, 2.24) is 9.97 Å². The predicted octanol–water partition coefficient (Wildman–Crippen LogP) is 5.14. The number of nitrogens with zero attached hydrogens (tertiary/aromatic N) is 4. The predicted molar refractivity (Wildman–Crippen MR) is 114 cm³/mol. The Kier molecular flexibility index (Phi) is 5.92. The summed E-state index contributed by atoms with van der Waals surface area (Å²) >= 11 is 6.59. The van der Waals surface area contributed by atoms with Gasteiger partial charge in [-0.25, -0.2) is 14.4 Å². The zero-order valence-electron chi connectivity index (χ0n) is 15.8. The van der Waals surface area contributed by atoms with Gasteiger partial charge in [-0.05, 0) is 34.5 Å². The van der Waals surface area contributed by atoms with Crippen LogP contribution in [0.5, 0.6) is 5.75 Å². The first-order valence-electron chi connectivity index (χ1n) is 9.36. The fourth-order valence-electron chi connectivity index (χ4n) is 3.93. The van der Waals surface area contributed by atoms with Crippen molar-refractivity contribution in [3.8, 4) is 16.9 Å². The van der Waals surface area contributed by atoms with Crippen LogP contribution in [-0.2, 0) is 21.1 Å². The van der Waals surface area contributed by atoms with Gasteiger partial charge in [0, 0.05) is 45.1 Å². The van der Waals surface area contributed by atoms with Crippen LogP contribution < -0.4 is 4.90 Å². The topological polar surface area (TPSA) is 63.4 Å². The third kappa shape index (κ3) is 3.53. The van der Waals surface area contributed by atoms with E-state index in [0.29, 0.717) is 16.8 Å². The molecule has 1 aliphatic heterocycles. The van der Waals surface area contributed by atoms with Gasteiger partial charge >= 0.3 is 0 Å². The van der Waals surface area contributed by atoms with Crippen molar-refractivity contribution < 1.29 is 30.6 Å². The van der Waals surface area contributed by atoms with Gasteiger partial charge in [-0.1, -0.05) is 35.9 Å². The molecule has 0 spiro atoms. The van der Waals surface area contributed by atoms with E-state index in [0.717, 1.165) is 37.0 Å². The van der Waals surface area contributed by atoms with Crippen LogP contribution in [0.15, 0.2) is 48.8 Å². The molecule has 1 aromatic heterocycles. The Morgan fingerprint density at radius 1 is 1.03 bits per heavy atom. The second kappa shape index (κ2) is 8.46. The number of phenols is 1. The number of phenolic OH excluding ortho intramolecular Hbond substituents is 1. The van der Waals surface area contributed by atoms with Gasteiger partial charge in [-0.2, -0.15) is 0 Å². The van der Waals surface area contributed by atoms with Crippen molar-refractivity contribution in [2.75, 3.05) is 31.1 Å². The van der Waals surface area contributed by atoms with Gasteiger partial charge in [0.05, 0.1) is 5.02 Å². The SMILES string of the molecule is Oc1cc(-c2c(Cl)cc3c(N4CC[N-]CC4)ncnc3c2F)c2ccccc2c1.[W]. The molecule has 8 heteroatoms. The Morgan fingerprint density at radius 3 is 2.60 bits per heavy atom. The summed E-state index contributed by atoms with van der Waals surface area (Å²) in [7, 11) is 0. The quantitative estimate of drug-likeness (QED) is 0.351. The number of fused-ring (bicyclic) bond motifs is 2. The molecule has 0 saturated carbocycles. The van der Waals surface area contributed by atoms with Crippen LogP contribution in [0.2, 0.25) is 5.02 Å². The van der Waals surface area contributed by atoms with Gasteiger partial charge in [0.25, 0.3) is 0 Å². The molecule has 0 radical (unpaired) electrons. The van der Waals surface area contributed by atoms with E-state index in [1.165, 1.54) is 12.4 Å². The average Bonchev–Trinajstić information content (AvgIpc) is 2.74. The minimum atomic E-state index is -0.520. The van der Waals surface area contributed by atoms with Crippen LogP contribution in [0, 0.1) is 5.82 Å². The Balaban J connectivity index is 0.00000218. The van der Waals surface area contributed by atoms with E-state index in [-0.39, 0.29) is 42.9 Å². The van der Waals surface area contributed by atoms with Crippen molar-refractivity contribution in [1.29, 1.82) is 0 Å². The van der Waals surface area contributed by atoms with E-state index >= 15 is 4.39 Å². The number of anilines is 1. The molecule has 0 bridgehead atoms. The number of piperazine rings is 1. The smallest absolute Gasteiger partial charge is 0.158 e. The molecule has 0 amide bonds. The number of rotatable bonds is 2. The molecule has 1 saturated heterocycles. The van der Waals surface area contributed by atoms with Crippen molar-refractivity contribution in [3.05, 3.63) is 64.9 Å². The number of aromatic hydroxyl groups is 1. The third-order valence-electron chi connectivity index (χ3n) is 5.27. The number of hydrogen-bond acceptors (Lipinski definition) is 4. The van der Waals surface area contributed by atoms with Gasteiger partial charge in [0.15, 0.2) is 5.82 Å². The third-order valence-corrected chi connectivity index (χ3v) is 5.57. The monoisotopic (exact) mass is 591 g/mol. The zero-order valence-corrected chi connectivity index (χ0v) is 19.5. The number of benzene rings is 3. The van der Waals surface area contributed by atoms with Gasteiger partial charge in [0.2, 0.25) is 0 Å². The molecule has 1 fully saturated rings. The van der Waals surface area contributed by atoms with Crippen molar-refractivity contribution in [3.63, 3.8) is 0 Å². The molecule has 2 heterocycles. The summed E-state index contributed by atoms with van der Waals surface area (Å²) in [5.74, 6) is 0.196. The summed E-state index contributed by atoms with van der Waals surface area (Å²) < 4.78 is 15.7. The Labute approximate surface area is 192 Å². The Morgan fingerprint density at radius 2 is 1.80 bits per heavy atom. The first-order chi connectivity index (χ1) is 14.1. The second-order valence-electron chi connectivity index (χ2n) is 7.01. The van der Waals surface area contributed by atoms with Gasteiger partial charge in [0.1, 0.15) is 23.4 Å². The molecular weight excluding hydrogens is 575 g/mol. The Hall–Kier alpha value is -2.27. The largest absolute Gasteiger partial charge is 0.659 e. The standard InChI is InChI=1S/C22H17ClFN4O.W/c23-18-11-17-21(26-12-27-22(17)28-7-5-25-6-8-28)20(24)19(18)16-10-14(29)9-13-3-1-2-4-15(13)16;/h1-4,9-12,29H,5-8H2;/q-1;. The fourth-order valence-corrected chi connectivity index (χ4v) is 4.23. The van der Waals surface area contributed by atoms with E-state index in [9.17, 15) is 5.11 Å². The molecule has 30 heavy (non-hydrogen) atoms. The Bertz CT molecular complexity index is 1250. The summed E-state index contributed by atoms with van der Waals surface area (Å²) in [5, 5.41) is 17.0. The maximum atomic E-state index is 15.7. The first kappa shape index (κ1) is 21.0. The van der Waals surface area contributed by atoms with Gasteiger partial charge < -0.3 is 15.3 Å². The van der Waals surface area contributed by atoms with E-state index < -0.39 is 5.82 Å². The molecule has 1 aliphatic rings. The summed E-state index contributed by atoms with van der Waals surface area (Å²) in [6, 6.07) is 12.4. The maximum absolute atomic E-state index is 15.7. The minimum absolute atomic E-state index is 0. The van der Waals surface area contributed by atoms with E-state index in [1.54, 1.807) is 12.1 Å². The van der Waals surface area contributed by atoms with Crippen molar-refractivity contribution in [2.24, 2.45) is 0 Å². The number of halogens is 2. The molecule has 0 aliphatic carbocycles. The minimum Gasteiger partial charge on any atom is -0.659 e. The van der Waals surface area contributed by atoms with E-state index in [1.807, 2.05) is 24.3 Å². The molecule has 152 valence electrons. The molecule has 4 aromatic rings. The molecule has 3 aromatic carbocycles. The van der Waals surface area contributed by atoms with Crippen LogP contribution in [-0.4, -0.2) is 41.3 Å². The van der Waals surface area contributed by atoms with Gasteiger partial charge in [-0.15, -0.1) is 13.1 Å². The maximum Gasteiger partial charge on any atom is 0.158 e. The average molecular weight is 592 g/mol. The van der Waals surface area contributed by atoms with Crippen LogP contribution >= 0.6 is 11.6 Å². The summed E-state index contributed by atoms with van der Waals surface area (Å²) in [5.41, 5.74) is 0.968. The van der Waals surface area contributed by atoms with Crippen LogP contribution in [0.1, 0.15) is 0 Å². The summed E-state index contributed by atoms with van der Waals surface area (Å²) in [6.45, 7) is 2.89. The van der Waals surface area contributed by atoms with Crippen molar-refractivity contribution in [2.45, 2.75) is 0 Å². The normalized spacial score (nSPS) is 14.1. The van der Waals surface area contributed by atoms with Gasteiger partial charge in [-0.3, -0.25) is 0 Å². The molecule has 5 nitrogen and oxygen atoms in total.